The fourth-order valence-electron chi connectivity index (χ4n) is 1.51. The summed E-state index contributed by atoms with van der Waals surface area (Å²) in [6.07, 6.45) is 2.96. The number of hydrazine groups is 1. The van der Waals surface area contributed by atoms with Gasteiger partial charge in [-0.25, -0.2) is 20.1 Å². The number of nitrogens with two attached hydrogens (primary N) is 1. The monoisotopic (exact) mass is 462 g/mol. The summed E-state index contributed by atoms with van der Waals surface area (Å²) in [5.74, 6) is 0.182. The van der Waals surface area contributed by atoms with Crippen molar-refractivity contribution >= 4 is 49.2 Å². The second kappa shape index (κ2) is 8.49. The van der Waals surface area contributed by atoms with E-state index >= 15 is 0 Å². The van der Waals surface area contributed by atoms with Gasteiger partial charge in [-0.05, 0) is 57.3 Å². The standard InChI is InChI=1S/2C6H6BrN3O2/c1-4-2-6(9-10(11)12)8-3-5(4)7;1-3-4(7)2-9-6(8)5(3)10(11)12/h2-3H,1H3,(H,8,9);2H,1H3,(H2,8,9). The molecular formula is C12H12Br2N6O4. The van der Waals surface area contributed by atoms with Gasteiger partial charge in [0.2, 0.25) is 5.82 Å². The Balaban J connectivity index is 0.000000240. The maximum absolute atomic E-state index is 10.5. The molecule has 0 spiro atoms. The van der Waals surface area contributed by atoms with E-state index in [2.05, 4.69) is 41.8 Å². The van der Waals surface area contributed by atoms with Crippen molar-refractivity contribution < 1.29 is 9.96 Å². The number of pyridine rings is 2. The lowest BCUT2D eigenvalue weighted by Gasteiger charge is -2.00. The average Bonchev–Trinajstić information content (AvgIpc) is 2.47. The molecule has 0 bridgehead atoms. The highest BCUT2D eigenvalue weighted by molar-refractivity contribution is 9.10. The summed E-state index contributed by atoms with van der Waals surface area (Å²) in [6, 6.07) is 1.59. The molecule has 0 fully saturated rings. The van der Waals surface area contributed by atoms with Crippen molar-refractivity contribution in [1.29, 1.82) is 0 Å². The lowest BCUT2D eigenvalue weighted by Crippen LogP contribution is -2.09. The number of nitrogens with one attached hydrogen (secondary N) is 1. The molecule has 0 aliphatic rings. The van der Waals surface area contributed by atoms with E-state index in [0.717, 1.165) is 10.0 Å². The van der Waals surface area contributed by atoms with Crippen molar-refractivity contribution in [2.75, 3.05) is 11.2 Å². The van der Waals surface area contributed by atoms with Crippen LogP contribution in [0.2, 0.25) is 0 Å². The van der Waals surface area contributed by atoms with Gasteiger partial charge >= 0.3 is 5.69 Å². The number of halogens is 2. The molecule has 0 amide bonds. The minimum Gasteiger partial charge on any atom is -0.378 e. The Morgan fingerprint density at radius 1 is 1.12 bits per heavy atom. The summed E-state index contributed by atoms with van der Waals surface area (Å²) >= 11 is 6.36. The Morgan fingerprint density at radius 3 is 2.17 bits per heavy atom. The summed E-state index contributed by atoms with van der Waals surface area (Å²) in [7, 11) is 0. The normalized spacial score (nSPS) is 9.67. The maximum Gasteiger partial charge on any atom is 0.315 e. The van der Waals surface area contributed by atoms with Gasteiger partial charge in [0.15, 0.2) is 10.9 Å². The summed E-state index contributed by atoms with van der Waals surface area (Å²) < 4.78 is 1.42. The number of anilines is 2. The molecule has 0 aliphatic carbocycles. The molecule has 0 saturated heterocycles. The first-order valence-corrected chi connectivity index (χ1v) is 7.80. The Hall–Kier alpha value is -2.34. The van der Waals surface area contributed by atoms with Gasteiger partial charge in [-0.3, -0.25) is 10.1 Å². The van der Waals surface area contributed by atoms with E-state index in [0.29, 0.717) is 10.0 Å². The van der Waals surface area contributed by atoms with Crippen LogP contribution in [0.15, 0.2) is 27.4 Å². The zero-order valence-electron chi connectivity index (χ0n) is 12.5. The molecule has 2 aromatic heterocycles. The summed E-state index contributed by atoms with van der Waals surface area (Å²) in [4.78, 5) is 27.4. The van der Waals surface area contributed by atoms with E-state index in [-0.39, 0.29) is 17.3 Å². The molecule has 0 saturated carbocycles. The van der Waals surface area contributed by atoms with E-state index in [4.69, 9.17) is 5.73 Å². The van der Waals surface area contributed by atoms with Gasteiger partial charge in [-0.15, -0.1) is 0 Å². The molecule has 12 heteroatoms. The largest absolute Gasteiger partial charge is 0.378 e. The quantitative estimate of drug-likeness (QED) is 0.519. The lowest BCUT2D eigenvalue weighted by molar-refractivity contribution is -0.445. The Bertz CT molecular complexity index is 786. The van der Waals surface area contributed by atoms with Gasteiger partial charge in [0.05, 0.1) is 4.92 Å². The molecule has 3 N–H and O–H groups in total. The molecule has 24 heavy (non-hydrogen) atoms. The van der Waals surface area contributed by atoms with Crippen LogP contribution < -0.4 is 11.2 Å². The predicted octanol–water partition coefficient (Wildman–Crippen LogP) is 3.40. The van der Waals surface area contributed by atoms with Gasteiger partial charge in [0, 0.05) is 26.9 Å². The number of aryl methyl sites for hydroxylation is 1. The van der Waals surface area contributed by atoms with Crippen LogP contribution in [0, 0.1) is 34.1 Å². The van der Waals surface area contributed by atoms with Crippen molar-refractivity contribution in [3.8, 4) is 0 Å². The Morgan fingerprint density at radius 2 is 1.71 bits per heavy atom. The minimum absolute atomic E-state index is 0.0549. The molecule has 0 aliphatic heterocycles. The Kier molecular flexibility index (Phi) is 6.97. The number of nitrogen functional groups attached to an aromatic ring is 1. The third-order valence-corrected chi connectivity index (χ3v) is 4.34. The molecule has 0 aromatic carbocycles. The third-order valence-electron chi connectivity index (χ3n) is 2.71. The van der Waals surface area contributed by atoms with E-state index in [9.17, 15) is 20.2 Å². The second-order valence-electron chi connectivity index (χ2n) is 4.41. The number of hydrogen-bond acceptors (Lipinski definition) is 7. The number of rotatable bonds is 3. The maximum atomic E-state index is 10.5. The van der Waals surface area contributed by atoms with Gasteiger partial charge in [0.1, 0.15) is 0 Å². The highest BCUT2D eigenvalue weighted by Crippen LogP contribution is 2.28. The first-order chi connectivity index (χ1) is 11.1. The molecule has 10 nitrogen and oxygen atoms in total. The first kappa shape index (κ1) is 19.7. The smallest absolute Gasteiger partial charge is 0.315 e. The predicted molar refractivity (Wildman–Crippen MR) is 95.0 cm³/mol. The van der Waals surface area contributed by atoms with Crippen molar-refractivity contribution in [2.45, 2.75) is 13.8 Å². The van der Waals surface area contributed by atoms with Crippen LogP contribution in [-0.2, 0) is 0 Å². The fraction of sp³-hybridized carbons (Fsp3) is 0.167. The lowest BCUT2D eigenvalue weighted by atomic mass is 10.2. The summed E-state index contributed by atoms with van der Waals surface area (Å²) in [6.45, 7) is 3.44. The zero-order valence-corrected chi connectivity index (χ0v) is 15.7. The van der Waals surface area contributed by atoms with Crippen molar-refractivity contribution in [3.05, 3.63) is 58.8 Å². The molecule has 0 radical (unpaired) electrons. The Labute approximate surface area is 153 Å². The van der Waals surface area contributed by atoms with Crippen molar-refractivity contribution in [3.63, 3.8) is 0 Å². The van der Waals surface area contributed by atoms with Crippen LogP contribution in [-0.4, -0.2) is 19.9 Å². The van der Waals surface area contributed by atoms with Gasteiger partial charge in [0.25, 0.3) is 0 Å². The second-order valence-corrected chi connectivity index (χ2v) is 6.12. The molecule has 0 atom stereocenters. The fourth-order valence-corrected chi connectivity index (χ4v) is 2.02. The first-order valence-electron chi connectivity index (χ1n) is 6.21. The van der Waals surface area contributed by atoms with Crippen molar-refractivity contribution in [1.82, 2.24) is 9.97 Å². The topological polar surface area (TPSA) is 150 Å². The van der Waals surface area contributed by atoms with Crippen LogP contribution >= 0.6 is 31.9 Å². The zero-order chi connectivity index (χ0) is 18.4. The van der Waals surface area contributed by atoms with E-state index in [1.165, 1.54) is 12.4 Å². The number of nitro groups is 2. The number of aromatic nitrogens is 2. The molecule has 2 heterocycles. The van der Waals surface area contributed by atoms with Crippen LogP contribution in [0.4, 0.5) is 17.3 Å². The van der Waals surface area contributed by atoms with Crippen LogP contribution in [0.5, 0.6) is 0 Å². The average molecular weight is 464 g/mol. The van der Waals surface area contributed by atoms with E-state index in [1.807, 2.05) is 12.3 Å². The summed E-state index contributed by atoms with van der Waals surface area (Å²) in [5, 5.41) is 19.8. The summed E-state index contributed by atoms with van der Waals surface area (Å²) in [5.41, 5.74) is 8.54. The molecule has 128 valence electrons. The minimum atomic E-state index is -0.643. The van der Waals surface area contributed by atoms with Crippen LogP contribution in [0.3, 0.4) is 0 Å². The molecule has 0 unspecified atom stereocenters. The highest BCUT2D eigenvalue weighted by Gasteiger charge is 2.18. The van der Waals surface area contributed by atoms with Crippen molar-refractivity contribution in [2.24, 2.45) is 0 Å². The van der Waals surface area contributed by atoms with Crippen LogP contribution in [0.25, 0.3) is 0 Å². The van der Waals surface area contributed by atoms with Gasteiger partial charge in [-0.2, -0.15) is 0 Å². The SMILES string of the molecule is Cc1c(Br)cnc(N)c1[N+](=O)[O-].Cc1cc(N[N+](=O)[O-])ncc1Br. The number of nitrogens with zero attached hydrogens (tertiary/aromatic N) is 4. The number of hydrogen-bond donors (Lipinski definition) is 2. The third kappa shape index (κ3) is 5.38. The van der Waals surface area contributed by atoms with Gasteiger partial charge < -0.3 is 5.73 Å². The molecule has 2 rings (SSSR count). The van der Waals surface area contributed by atoms with E-state index < -0.39 is 9.96 Å². The molecular weight excluding hydrogens is 452 g/mol. The molecule has 2 aromatic rings. The van der Waals surface area contributed by atoms with Crippen LogP contribution in [0.1, 0.15) is 11.1 Å². The van der Waals surface area contributed by atoms with E-state index in [1.54, 1.807) is 13.0 Å². The highest BCUT2D eigenvalue weighted by atomic mass is 79.9. The van der Waals surface area contributed by atoms with Gasteiger partial charge in [-0.1, -0.05) is 5.43 Å².